The van der Waals surface area contributed by atoms with Gasteiger partial charge in [-0.1, -0.05) is 12.1 Å². The minimum Gasteiger partial charge on any atom is -0.478 e. The maximum Gasteiger partial charge on any atom is 0.335 e. The van der Waals surface area contributed by atoms with Crippen LogP contribution in [0.3, 0.4) is 0 Å². The summed E-state index contributed by atoms with van der Waals surface area (Å²) in [5.74, 6) is 0.00561. The number of carbonyl (C=O) groups is 1. The lowest BCUT2D eigenvalue weighted by Gasteiger charge is -2.06. The van der Waals surface area contributed by atoms with Crippen LogP contribution in [0.2, 0.25) is 0 Å². The van der Waals surface area contributed by atoms with Gasteiger partial charge in [0.1, 0.15) is 11.5 Å². The van der Waals surface area contributed by atoms with Gasteiger partial charge in [-0.3, -0.25) is 0 Å². The van der Waals surface area contributed by atoms with Crippen molar-refractivity contribution in [2.24, 2.45) is 0 Å². The summed E-state index contributed by atoms with van der Waals surface area (Å²) in [6.45, 7) is 0. The van der Waals surface area contributed by atoms with Crippen LogP contribution >= 0.6 is 0 Å². The fraction of sp³-hybridized carbons (Fsp3) is 0.188. The summed E-state index contributed by atoms with van der Waals surface area (Å²) in [6, 6.07) is 6.92. The van der Waals surface area contributed by atoms with Gasteiger partial charge >= 0.3 is 5.97 Å². The largest absolute Gasteiger partial charge is 0.478 e. The van der Waals surface area contributed by atoms with E-state index >= 15 is 0 Å². The fourth-order valence-corrected chi connectivity index (χ4v) is 2.59. The Morgan fingerprint density at radius 2 is 2.00 bits per heavy atom. The Kier molecular flexibility index (Phi) is 3.84. The number of anilines is 2. The zero-order valence-corrected chi connectivity index (χ0v) is 12.6. The third-order valence-electron chi connectivity index (χ3n) is 3.75. The summed E-state index contributed by atoms with van der Waals surface area (Å²) in [5.41, 5.74) is 8.85. The number of carboxylic acid groups (broad SMARTS) is 1. The molecular formula is C16H17N5O2. The number of hydrogen-bond acceptors (Lipinski definition) is 5. The molecule has 0 saturated carbocycles. The van der Waals surface area contributed by atoms with Crippen LogP contribution < -0.4 is 11.1 Å². The Labute approximate surface area is 132 Å². The number of rotatable bonds is 5. The first-order chi connectivity index (χ1) is 11.1. The van der Waals surface area contributed by atoms with Crippen molar-refractivity contribution in [2.45, 2.75) is 12.8 Å². The summed E-state index contributed by atoms with van der Waals surface area (Å²) < 4.78 is 0. The molecule has 0 aliphatic carbocycles. The van der Waals surface area contributed by atoms with Gasteiger partial charge < -0.3 is 21.1 Å². The quantitative estimate of drug-likeness (QED) is 0.573. The van der Waals surface area contributed by atoms with Crippen LogP contribution in [0.1, 0.15) is 21.5 Å². The van der Waals surface area contributed by atoms with Crippen molar-refractivity contribution < 1.29 is 9.90 Å². The van der Waals surface area contributed by atoms with Gasteiger partial charge in [-0.2, -0.15) is 9.97 Å². The lowest BCUT2D eigenvalue weighted by Crippen LogP contribution is -2.01. The van der Waals surface area contributed by atoms with Crippen LogP contribution in [0, 0.1) is 0 Å². The van der Waals surface area contributed by atoms with E-state index in [-0.39, 0.29) is 5.95 Å². The third-order valence-corrected chi connectivity index (χ3v) is 3.75. The van der Waals surface area contributed by atoms with Crippen molar-refractivity contribution in [3.63, 3.8) is 0 Å². The van der Waals surface area contributed by atoms with Gasteiger partial charge in [-0.25, -0.2) is 4.79 Å². The molecule has 118 valence electrons. The number of aromatic carboxylic acids is 1. The number of H-pyrrole nitrogens is 1. The molecule has 2 aromatic heterocycles. The molecule has 2 heterocycles. The van der Waals surface area contributed by atoms with E-state index in [1.165, 1.54) is 0 Å². The highest BCUT2D eigenvalue weighted by Crippen LogP contribution is 2.25. The van der Waals surface area contributed by atoms with Gasteiger partial charge in [0.25, 0.3) is 0 Å². The van der Waals surface area contributed by atoms with Gasteiger partial charge in [0.2, 0.25) is 5.95 Å². The normalized spacial score (nSPS) is 10.8. The number of nitrogen functional groups attached to an aromatic ring is 1. The number of nitrogens with two attached hydrogens (primary N) is 1. The molecule has 0 aliphatic rings. The molecule has 0 fully saturated rings. The average molecular weight is 311 g/mol. The first kappa shape index (κ1) is 14.8. The Balaban J connectivity index is 1.83. The predicted octanol–water partition coefficient (Wildman–Crippen LogP) is 2.07. The summed E-state index contributed by atoms with van der Waals surface area (Å²) in [6.07, 6.45) is 3.49. The number of fused-ring (bicyclic) bond motifs is 1. The van der Waals surface area contributed by atoms with Crippen molar-refractivity contribution in [1.82, 2.24) is 15.0 Å². The average Bonchev–Trinajstić information content (AvgIpc) is 2.95. The maximum atomic E-state index is 10.9. The molecule has 0 atom stereocenters. The molecule has 23 heavy (non-hydrogen) atoms. The molecule has 3 aromatic rings. The van der Waals surface area contributed by atoms with Gasteiger partial charge in [0.05, 0.1) is 10.9 Å². The second kappa shape index (κ2) is 5.96. The van der Waals surface area contributed by atoms with Crippen LogP contribution in [0.25, 0.3) is 11.0 Å². The summed E-state index contributed by atoms with van der Waals surface area (Å²) in [7, 11) is 1.79. The number of aromatic nitrogens is 3. The number of aryl methyl sites for hydroxylation is 2. The number of carboxylic acids is 1. The minimum atomic E-state index is -0.915. The van der Waals surface area contributed by atoms with E-state index < -0.39 is 5.97 Å². The molecule has 0 radical (unpaired) electrons. The highest BCUT2D eigenvalue weighted by Gasteiger charge is 2.12. The van der Waals surface area contributed by atoms with E-state index in [0.29, 0.717) is 17.0 Å². The van der Waals surface area contributed by atoms with Crippen molar-refractivity contribution >= 4 is 28.8 Å². The smallest absolute Gasteiger partial charge is 0.335 e. The third kappa shape index (κ3) is 2.94. The number of nitrogens with zero attached hydrogens (tertiary/aromatic N) is 2. The molecule has 7 heteroatoms. The first-order valence-electron chi connectivity index (χ1n) is 7.22. The SMILES string of the molecule is CNc1nc(N)nc2[nH]cc(CCc3ccc(C(=O)O)cc3)c12. The van der Waals surface area contributed by atoms with Crippen LogP contribution in [-0.4, -0.2) is 33.1 Å². The number of hydrogen-bond donors (Lipinski definition) is 4. The molecule has 0 spiro atoms. The Hall–Kier alpha value is -3.09. The topological polar surface area (TPSA) is 117 Å². The van der Waals surface area contributed by atoms with E-state index in [2.05, 4.69) is 20.3 Å². The van der Waals surface area contributed by atoms with Crippen LogP contribution in [0.15, 0.2) is 30.5 Å². The minimum absolute atomic E-state index is 0.222. The van der Waals surface area contributed by atoms with Crippen molar-refractivity contribution in [3.8, 4) is 0 Å². The van der Waals surface area contributed by atoms with Crippen molar-refractivity contribution in [3.05, 3.63) is 47.2 Å². The number of benzene rings is 1. The monoisotopic (exact) mass is 311 g/mol. The van der Waals surface area contributed by atoms with Crippen LogP contribution in [0.4, 0.5) is 11.8 Å². The molecule has 0 unspecified atom stereocenters. The van der Waals surface area contributed by atoms with E-state index in [4.69, 9.17) is 10.8 Å². The van der Waals surface area contributed by atoms with Gasteiger partial charge in [0, 0.05) is 13.2 Å². The second-order valence-electron chi connectivity index (χ2n) is 5.22. The fourth-order valence-electron chi connectivity index (χ4n) is 2.59. The Morgan fingerprint density at radius 1 is 1.26 bits per heavy atom. The van der Waals surface area contributed by atoms with Crippen LogP contribution in [0.5, 0.6) is 0 Å². The van der Waals surface area contributed by atoms with Crippen molar-refractivity contribution in [2.75, 3.05) is 18.1 Å². The summed E-state index contributed by atoms with van der Waals surface area (Å²) >= 11 is 0. The Morgan fingerprint density at radius 3 is 2.65 bits per heavy atom. The first-order valence-corrected chi connectivity index (χ1v) is 7.22. The lowest BCUT2D eigenvalue weighted by molar-refractivity contribution is 0.0697. The summed E-state index contributed by atoms with van der Waals surface area (Å²) in [4.78, 5) is 22.4. The second-order valence-corrected chi connectivity index (χ2v) is 5.22. The predicted molar refractivity (Wildman–Crippen MR) is 88.7 cm³/mol. The number of aromatic amines is 1. The van der Waals surface area contributed by atoms with Crippen LogP contribution in [-0.2, 0) is 12.8 Å². The highest BCUT2D eigenvalue weighted by atomic mass is 16.4. The molecule has 3 rings (SSSR count). The molecule has 0 bridgehead atoms. The van der Waals surface area contributed by atoms with E-state index in [9.17, 15) is 4.79 Å². The Bertz CT molecular complexity index is 855. The van der Waals surface area contributed by atoms with E-state index in [0.717, 1.165) is 29.4 Å². The molecule has 0 saturated heterocycles. The maximum absolute atomic E-state index is 10.9. The van der Waals surface area contributed by atoms with Gasteiger partial charge in [0.15, 0.2) is 0 Å². The highest BCUT2D eigenvalue weighted by molar-refractivity contribution is 5.91. The van der Waals surface area contributed by atoms with E-state index in [1.807, 2.05) is 18.3 Å². The zero-order valence-electron chi connectivity index (χ0n) is 12.6. The molecule has 0 aliphatic heterocycles. The number of nitrogens with one attached hydrogen (secondary N) is 2. The zero-order chi connectivity index (χ0) is 16.4. The molecular weight excluding hydrogens is 294 g/mol. The lowest BCUT2D eigenvalue weighted by atomic mass is 10.0. The molecule has 1 aromatic carbocycles. The van der Waals surface area contributed by atoms with E-state index in [1.54, 1.807) is 19.2 Å². The molecule has 0 amide bonds. The molecule has 5 N–H and O–H groups in total. The van der Waals surface area contributed by atoms with Gasteiger partial charge in [-0.05, 0) is 36.1 Å². The standard InChI is InChI=1S/C16H17N5O2/c1-18-13-12-11(8-19-14(12)21-16(17)20-13)7-4-9-2-5-10(6-3-9)15(22)23/h2-3,5-6,8H,4,7H2,1H3,(H,22,23)(H4,17,18,19,20,21). The van der Waals surface area contributed by atoms with Crippen molar-refractivity contribution in [1.29, 1.82) is 0 Å². The summed E-state index contributed by atoms with van der Waals surface area (Å²) in [5, 5.41) is 12.9. The molecule has 7 nitrogen and oxygen atoms in total. The van der Waals surface area contributed by atoms with Gasteiger partial charge in [-0.15, -0.1) is 0 Å².